The van der Waals surface area contributed by atoms with Gasteiger partial charge < -0.3 is 9.80 Å². The van der Waals surface area contributed by atoms with Gasteiger partial charge in [-0.2, -0.15) is 0 Å². The van der Waals surface area contributed by atoms with Crippen LogP contribution in [-0.2, 0) is 21.4 Å². The number of aryl methyl sites for hydroxylation is 1. The average molecular weight is 465 g/mol. The molecule has 0 unspecified atom stereocenters. The second-order valence-electron chi connectivity index (χ2n) is 8.45. The Labute approximate surface area is 196 Å². The quantitative estimate of drug-likeness (QED) is 0.583. The van der Waals surface area contributed by atoms with Gasteiger partial charge in [0.1, 0.15) is 13.1 Å². The first-order valence-electron chi connectivity index (χ1n) is 11.2. The number of piperazine rings is 1. The van der Waals surface area contributed by atoms with Crippen molar-refractivity contribution in [3.8, 4) is 0 Å². The summed E-state index contributed by atoms with van der Waals surface area (Å²) in [6.07, 6.45) is 0. The topological polar surface area (TPSA) is 62.1 Å². The van der Waals surface area contributed by atoms with E-state index in [4.69, 9.17) is 0 Å². The van der Waals surface area contributed by atoms with Crippen molar-refractivity contribution in [3.63, 3.8) is 0 Å². The van der Waals surface area contributed by atoms with Gasteiger partial charge in [-0.05, 0) is 31.2 Å². The molecule has 172 valence electrons. The SMILES string of the molecule is Cc1ccc(S(=O)(=O)N(CC(=O)N2CC[NH+](Cc3ccccc3)CC2)c2ccccc2)cc1. The monoisotopic (exact) mass is 464 g/mol. The number of hydrogen-bond acceptors (Lipinski definition) is 3. The van der Waals surface area contributed by atoms with Crippen molar-refractivity contribution < 1.29 is 18.1 Å². The van der Waals surface area contributed by atoms with Gasteiger partial charge >= 0.3 is 0 Å². The van der Waals surface area contributed by atoms with E-state index < -0.39 is 10.0 Å². The van der Waals surface area contributed by atoms with Crippen LogP contribution in [0.4, 0.5) is 5.69 Å². The Balaban J connectivity index is 1.47. The standard InChI is InChI=1S/C26H29N3O3S/c1-22-12-14-25(15-13-22)33(31,32)29(24-10-6-3-7-11-24)21-26(30)28-18-16-27(17-19-28)20-23-8-4-2-5-9-23/h2-15H,16-21H2,1H3/p+1. The molecule has 1 heterocycles. The zero-order chi connectivity index (χ0) is 23.3. The Morgan fingerprint density at radius 3 is 2.06 bits per heavy atom. The molecule has 0 spiro atoms. The number of benzene rings is 3. The number of anilines is 1. The number of nitrogens with zero attached hydrogens (tertiary/aromatic N) is 2. The molecule has 0 bridgehead atoms. The van der Waals surface area contributed by atoms with Crippen LogP contribution in [0.3, 0.4) is 0 Å². The van der Waals surface area contributed by atoms with Gasteiger partial charge in [0.15, 0.2) is 0 Å². The lowest BCUT2D eigenvalue weighted by molar-refractivity contribution is -0.917. The molecule has 1 N–H and O–H groups in total. The summed E-state index contributed by atoms with van der Waals surface area (Å²) >= 11 is 0. The van der Waals surface area contributed by atoms with E-state index in [0.717, 1.165) is 25.2 Å². The van der Waals surface area contributed by atoms with E-state index in [1.54, 1.807) is 53.4 Å². The van der Waals surface area contributed by atoms with E-state index >= 15 is 0 Å². The molecular formula is C26H30N3O3S+. The van der Waals surface area contributed by atoms with Gasteiger partial charge in [-0.15, -0.1) is 0 Å². The molecule has 0 atom stereocenters. The lowest BCUT2D eigenvalue weighted by atomic mass is 10.2. The van der Waals surface area contributed by atoms with E-state index in [1.165, 1.54) is 14.8 Å². The molecule has 1 aliphatic rings. The fraction of sp³-hybridized carbons (Fsp3) is 0.269. The zero-order valence-corrected chi connectivity index (χ0v) is 19.7. The Morgan fingerprint density at radius 2 is 1.45 bits per heavy atom. The van der Waals surface area contributed by atoms with Gasteiger partial charge in [-0.1, -0.05) is 66.2 Å². The van der Waals surface area contributed by atoms with Gasteiger partial charge in [0.2, 0.25) is 5.91 Å². The van der Waals surface area contributed by atoms with Gasteiger partial charge in [0.05, 0.1) is 36.8 Å². The summed E-state index contributed by atoms with van der Waals surface area (Å²) in [5.74, 6) is -0.173. The van der Waals surface area contributed by atoms with E-state index in [-0.39, 0.29) is 17.3 Å². The molecule has 3 aromatic rings. The summed E-state index contributed by atoms with van der Waals surface area (Å²) in [5, 5.41) is 0. The van der Waals surface area contributed by atoms with Crippen molar-refractivity contribution in [1.82, 2.24) is 4.90 Å². The molecular weight excluding hydrogens is 434 g/mol. The molecule has 7 heteroatoms. The molecule has 0 aromatic heterocycles. The Bertz CT molecular complexity index is 1160. The third-order valence-corrected chi connectivity index (χ3v) is 7.84. The van der Waals surface area contributed by atoms with Crippen LogP contribution in [0.1, 0.15) is 11.1 Å². The van der Waals surface area contributed by atoms with Crippen LogP contribution in [0.25, 0.3) is 0 Å². The Hall–Kier alpha value is -3.16. The average Bonchev–Trinajstić information content (AvgIpc) is 2.84. The molecule has 4 rings (SSSR count). The molecule has 3 aromatic carbocycles. The van der Waals surface area contributed by atoms with Crippen LogP contribution >= 0.6 is 0 Å². The number of nitrogens with one attached hydrogen (secondary N) is 1. The van der Waals surface area contributed by atoms with Crippen molar-refractivity contribution in [2.45, 2.75) is 18.4 Å². The van der Waals surface area contributed by atoms with Crippen molar-refractivity contribution >= 4 is 21.6 Å². The third kappa shape index (κ3) is 5.61. The van der Waals surface area contributed by atoms with Crippen LogP contribution in [0.2, 0.25) is 0 Å². The largest absolute Gasteiger partial charge is 0.330 e. The molecule has 1 fully saturated rings. The van der Waals surface area contributed by atoms with Crippen LogP contribution < -0.4 is 9.21 Å². The predicted octanol–water partition coefficient (Wildman–Crippen LogP) is 2.12. The van der Waals surface area contributed by atoms with Crippen LogP contribution in [0, 0.1) is 6.92 Å². The molecule has 0 aliphatic carbocycles. The predicted molar refractivity (Wildman–Crippen MR) is 130 cm³/mol. The zero-order valence-electron chi connectivity index (χ0n) is 18.9. The maximum Gasteiger partial charge on any atom is 0.264 e. The third-order valence-electron chi connectivity index (χ3n) is 6.05. The number of carbonyl (C=O) groups is 1. The van der Waals surface area contributed by atoms with E-state index in [2.05, 4.69) is 12.1 Å². The van der Waals surface area contributed by atoms with E-state index in [0.29, 0.717) is 18.8 Å². The van der Waals surface area contributed by atoms with Crippen molar-refractivity contribution in [2.75, 3.05) is 37.0 Å². The lowest BCUT2D eigenvalue weighted by Crippen LogP contribution is -3.13. The number of quaternary nitrogens is 1. The highest BCUT2D eigenvalue weighted by atomic mass is 32.2. The number of para-hydroxylation sites is 1. The summed E-state index contributed by atoms with van der Waals surface area (Å²) in [5.41, 5.74) is 2.75. The molecule has 0 radical (unpaired) electrons. The fourth-order valence-electron chi connectivity index (χ4n) is 4.10. The van der Waals surface area contributed by atoms with Crippen molar-refractivity contribution in [3.05, 3.63) is 96.1 Å². The molecule has 1 amide bonds. The Kier molecular flexibility index (Phi) is 7.11. The maximum atomic E-state index is 13.5. The first-order valence-corrected chi connectivity index (χ1v) is 12.7. The highest BCUT2D eigenvalue weighted by Crippen LogP contribution is 2.24. The number of sulfonamides is 1. The van der Waals surface area contributed by atoms with Crippen LogP contribution in [-0.4, -0.2) is 51.9 Å². The summed E-state index contributed by atoms with van der Waals surface area (Å²) in [6.45, 7) is 5.55. The van der Waals surface area contributed by atoms with E-state index in [9.17, 15) is 13.2 Å². The number of hydrogen-bond donors (Lipinski definition) is 1. The first-order chi connectivity index (χ1) is 15.9. The number of rotatable bonds is 7. The number of amides is 1. The van der Waals surface area contributed by atoms with Crippen molar-refractivity contribution in [1.29, 1.82) is 0 Å². The minimum Gasteiger partial charge on any atom is -0.330 e. The molecule has 1 saturated heterocycles. The van der Waals surface area contributed by atoms with E-state index in [1.807, 2.05) is 31.2 Å². The van der Waals surface area contributed by atoms with Gasteiger partial charge in [-0.25, -0.2) is 8.42 Å². The van der Waals surface area contributed by atoms with Crippen molar-refractivity contribution in [2.24, 2.45) is 0 Å². The maximum absolute atomic E-state index is 13.5. The highest BCUT2D eigenvalue weighted by molar-refractivity contribution is 7.92. The second-order valence-corrected chi connectivity index (χ2v) is 10.3. The fourth-order valence-corrected chi connectivity index (χ4v) is 5.52. The number of carbonyl (C=O) groups excluding carboxylic acids is 1. The van der Waals surface area contributed by atoms with Crippen LogP contribution in [0.5, 0.6) is 0 Å². The summed E-state index contributed by atoms with van der Waals surface area (Å²) in [4.78, 5) is 16.6. The smallest absolute Gasteiger partial charge is 0.264 e. The Morgan fingerprint density at radius 1 is 0.879 bits per heavy atom. The van der Waals surface area contributed by atoms with Gasteiger partial charge in [0, 0.05) is 5.56 Å². The van der Waals surface area contributed by atoms with Gasteiger partial charge in [0.25, 0.3) is 10.0 Å². The molecule has 33 heavy (non-hydrogen) atoms. The highest BCUT2D eigenvalue weighted by Gasteiger charge is 2.31. The molecule has 0 saturated carbocycles. The summed E-state index contributed by atoms with van der Waals surface area (Å²) in [7, 11) is -3.88. The summed E-state index contributed by atoms with van der Waals surface area (Å²) in [6, 6.07) is 25.9. The van der Waals surface area contributed by atoms with Gasteiger partial charge in [-0.3, -0.25) is 9.10 Å². The lowest BCUT2D eigenvalue weighted by Gasteiger charge is -2.34. The first kappa shape index (κ1) is 23.0. The molecule has 1 aliphatic heterocycles. The minimum absolute atomic E-state index is 0.173. The normalized spacial score (nSPS) is 14.8. The second kappa shape index (κ2) is 10.2. The summed E-state index contributed by atoms with van der Waals surface area (Å²) < 4.78 is 28.2. The van der Waals surface area contributed by atoms with Crippen LogP contribution in [0.15, 0.2) is 89.8 Å². The molecule has 6 nitrogen and oxygen atoms in total. The minimum atomic E-state index is -3.88.